The van der Waals surface area contributed by atoms with Crippen LogP contribution in [0.25, 0.3) is 0 Å². The van der Waals surface area contributed by atoms with Crippen LogP contribution < -0.4 is 0 Å². The first-order valence-corrected chi connectivity index (χ1v) is 2.35. The van der Waals surface area contributed by atoms with Gasteiger partial charge in [0.15, 0.2) is 0 Å². The molecule has 0 fully saturated rings. The quantitative estimate of drug-likeness (QED) is 0.369. The predicted octanol–water partition coefficient (Wildman–Crippen LogP) is -1.31. The van der Waals surface area contributed by atoms with Crippen molar-refractivity contribution in [2.24, 2.45) is 0 Å². The van der Waals surface area contributed by atoms with Crippen molar-refractivity contribution in [3.8, 4) is 0 Å². The minimum absolute atomic E-state index is 0. The Morgan fingerprint density at radius 2 is 1.14 bits per heavy atom. The maximum atomic E-state index is 8.88. The van der Waals surface area contributed by atoms with Crippen LogP contribution in [0.5, 0.6) is 0 Å². The summed E-state index contributed by atoms with van der Waals surface area (Å²) in [5.41, 5.74) is 0. The Bertz CT molecular complexity index is 57.8. The van der Waals surface area contributed by atoms with Crippen LogP contribution in [-0.2, 0) is 24.0 Å². The van der Waals surface area contributed by atoms with Crippen LogP contribution in [-0.4, -0.2) is 60.2 Å². The van der Waals surface area contributed by atoms with Crippen LogP contribution in [0.4, 0.5) is 0 Å². The summed E-state index contributed by atoms with van der Waals surface area (Å²) < 4.78 is 8.88. The number of rotatable bonds is 0. The first kappa shape index (κ1) is 16.1. The van der Waals surface area contributed by atoms with Gasteiger partial charge < -0.3 is 14.7 Å². The molecule has 0 aliphatic heterocycles. The minimum Gasteiger partial charge on any atom is -0.303 e. The molecule has 0 aromatic carbocycles. The van der Waals surface area contributed by atoms with E-state index in [1.807, 2.05) is 0 Å². The average Bonchev–Trinajstić information content (AvgIpc) is 0.722. The molecule has 0 amide bonds. The van der Waals surface area contributed by atoms with Gasteiger partial charge in [0.2, 0.25) is 0 Å². The molecule has 0 bridgehead atoms. The van der Waals surface area contributed by atoms with Crippen LogP contribution in [0.3, 0.4) is 0 Å². The van der Waals surface area contributed by atoms with Crippen LogP contribution >= 0.6 is 7.82 Å². The van der Waals surface area contributed by atoms with Gasteiger partial charge in [0.25, 0.3) is 0 Å². The molecular weight excluding hydrogens is 248 g/mol. The Labute approximate surface area is 90.6 Å². The Kier molecular flexibility index (Phi) is 14.6. The van der Waals surface area contributed by atoms with Gasteiger partial charge in [0, 0.05) is 0 Å². The van der Waals surface area contributed by atoms with E-state index in [4.69, 9.17) is 19.2 Å². The van der Waals surface area contributed by atoms with Gasteiger partial charge in [-0.05, 0) is 0 Å². The third-order valence-electron chi connectivity index (χ3n) is 0. The molecule has 0 heterocycles. The fraction of sp³-hybridized carbons (Fsp3) is 0. The molecule has 0 unspecified atom stereocenters. The van der Waals surface area contributed by atoms with Crippen molar-refractivity contribution in [1.29, 1.82) is 0 Å². The first-order chi connectivity index (χ1) is 2.00. The van der Waals surface area contributed by atoms with Crippen molar-refractivity contribution in [3.05, 3.63) is 0 Å². The zero-order valence-corrected chi connectivity index (χ0v) is 10.9. The summed E-state index contributed by atoms with van der Waals surface area (Å²) in [4.78, 5) is 21.6. The third-order valence-corrected chi connectivity index (χ3v) is 0. The SMILES string of the molecule is O=P(O)(O)O.[Sr+2].[Zn+2]. The summed E-state index contributed by atoms with van der Waals surface area (Å²) in [6.07, 6.45) is 0. The van der Waals surface area contributed by atoms with E-state index in [-0.39, 0.29) is 65.0 Å². The van der Waals surface area contributed by atoms with Crippen molar-refractivity contribution in [2.75, 3.05) is 0 Å². The number of hydrogen-bond acceptors (Lipinski definition) is 1. The molecule has 4 nitrogen and oxygen atoms in total. The van der Waals surface area contributed by atoms with Gasteiger partial charge in [0.1, 0.15) is 0 Å². The second kappa shape index (κ2) is 6.34. The molecule has 0 rings (SSSR count). The fourth-order valence-corrected chi connectivity index (χ4v) is 0. The van der Waals surface area contributed by atoms with Crippen molar-refractivity contribution >= 4 is 53.3 Å². The summed E-state index contributed by atoms with van der Waals surface area (Å²) in [5, 5.41) is 0. The molecule has 0 aromatic heterocycles. The minimum atomic E-state index is -4.64. The number of hydrogen-bond donors (Lipinski definition) is 3. The van der Waals surface area contributed by atoms with E-state index in [1.165, 1.54) is 0 Å². The zero-order valence-electron chi connectivity index (χ0n) is 3.61. The molecule has 32 valence electrons. The van der Waals surface area contributed by atoms with Gasteiger partial charge in [-0.2, -0.15) is 0 Å². The van der Waals surface area contributed by atoms with E-state index in [9.17, 15) is 0 Å². The van der Waals surface area contributed by atoms with Crippen molar-refractivity contribution < 1.29 is 38.7 Å². The fourth-order valence-electron chi connectivity index (χ4n) is 0. The van der Waals surface area contributed by atoms with Crippen molar-refractivity contribution in [3.63, 3.8) is 0 Å². The van der Waals surface area contributed by atoms with Crippen LogP contribution in [0.1, 0.15) is 0 Å². The standard InChI is InChI=1S/H3O4P.Sr.Zn/c1-5(2,3)4;;/h(H3,1,2,3,4);;/q;2*+2. The van der Waals surface area contributed by atoms with Crippen molar-refractivity contribution in [2.45, 2.75) is 0 Å². The Hall–Kier alpha value is 2.21. The molecule has 0 radical (unpaired) electrons. The average molecular weight is 251 g/mol. The van der Waals surface area contributed by atoms with E-state index in [1.54, 1.807) is 0 Å². The second-order valence-electron chi connectivity index (χ2n) is 0.513. The van der Waals surface area contributed by atoms with Gasteiger partial charge in [-0.1, -0.05) is 0 Å². The largest absolute Gasteiger partial charge is 2.00 e. The molecule has 0 aliphatic carbocycles. The molecule has 0 spiro atoms. The molecule has 0 atom stereocenters. The van der Waals surface area contributed by atoms with Gasteiger partial charge in [-0.15, -0.1) is 0 Å². The third kappa shape index (κ3) is 64.7. The Morgan fingerprint density at radius 3 is 1.14 bits per heavy atom. The normalized spacial score (nSPS) is 8.43. The van der Waals surface area contributed by atoms with Crippen LogP contribution in [0.2, 0.25) is 0 Å². The monoisotopic (exact) mass is 250 g/mol. The number of phosphoric acid groups is 1. The zero-order chi connectivity index (χ0) is 4.50. The molecule has 0 saturated carbocycles. The smallest absolute Gasteiger partial charge is 0.303 e. The molecule has 3 N–H and O–H groups in total. The van der Waals surface area contributed by atoms with E-state index in [0.717, 1.165) is 0 Å². The first-order valence-electron chi connectivity index (χ1n) is 0.783. The van der Waals surface area contributed by atoms with E-state index >= 15 is 0 Å². The van der Waals surface area contributed by atoms with Gasteiger partial charge in [0.05, 0.1) is 0 Å². The molecule has 7 heteroatoms. The molecule has 0 saturated heterocycles. The van der Waals surface area contributed by atoms with E-state index < -0.39 is 7.82 Å². The van der Waals surface area contributed by atoms with E-state index in [0.29, 0.717) is 0 Å². The Morgan fingerprint density at radius 1 is 1.14 bits per heavy atom. The molecule has 0 aliphatic rings. The maximum absolute atomic E-state index is 8.88. The van der Waals surface area contributed by atoms with Crippen LogP contribution in [0.15, 0.2) is 0 Å². The summed E-state index contributed by atoms with van der Waals surface area (Å²) in [5.74, 6) is 0. The van der Waals surface area contributed by atoms with E-state index in [2.05, 4.69) is 0 Å². The molecule has 0 aromatic rings. The Balaban J connectivity index is -0.0000000800. The topological polar surface area (TPSA) is 77.8 Å². The van der Waals surface area contributed by atoms with Crippen molar-refractivity contribution in [1.82, 2.24) is 0 Å². The molecular formula is H3O4PSrZn+4. The summed E-state index contributed by atoms with van der Waals surface area (Å²) in [7, 11) is -4.64. The predicted molar refractivity (Wildman–Crippen MR) is 20.0 cm³/mol. The summed E-state index contributed by atoms with van der Waals surface area (Å²) in [6.45, 7) is 0. The molecule has 7 heavy (non-hydrogen) atoms. The second-order valence-corrected chi connectivity index (χ2v) is 1.54. The summed E-state index contributed by atoms with van der Waals surface area (Å²) >= 11 is 0. The van der Waals surface area contributed by atoms with Gasteiger partial charge in [-0.3, -0.25) is 0 Å². The summed E-state index contributed by atoms with van der Waals surface area (Å²) in [6, 6.07) is 0. The van der Waals surface area contributed by atoms with Crippen LogP contribution in [0, 0.1) is 0 Å². The van der Waals surface area contributed by atoms with Gasteiger partial charge >= 0.3 is 72.8 Å². The van der Waals surface area contributed by atoms with Gasteiger partial charge in [-0.25, -0.2) is 4.57 Å². The maximum Gasteiger partial charge on any atom is 2.00 e.